The second-order valence-electron chi connectivity index (χ2n) is 4.23. The van der Waals surface area contributed by atoms with Crippen LogP contribution in [-0.4, -0.2) is 17.6 Å². The van der Waals surface area contributed by atoms with Crippen LogP contribution < -0.4 is 0 Å². The number of rotatable bonds is 4. The molecule has 0 fully saturated rings. The zero-order valence-corrected chi connectivity index (χ0v) is 12.6. The van der Waals surface area contributed by atoms with Crippen LogP contribution in [0.1, 0.15) is 5.69 Å². The standard InChI is InChI=1S/C16H14N2O2S/c1-18-13(10-12(11-17)16(19)20-2)8-9-15(18)21-14-6-4-3-5-7-14/h3-10H,1-2H3. The molecule has 2 aromatic rings. The number of nitrogens with zero attached hydrogens (tertiary/aromatic N) is 2. The highest BCUT2D eigenvalue weighted by atomic mass is 32.2. The first-order chi connectivity index (χ1) is 10.2. The maximum Gasteiger partial charge on any atom is 0.348 e. The Bertz CT molecular complexity index is 712. The van der Waals surface area contributed by atoms with Gasteiger partial charge in [0.05, 0.1) is 12.1 Å². The number of hydrogen-bond acceptors (Lipinski definition) is 4. The van der Waals surface area contributed by atoms with E-state index in [1.807, 2.05) is 60.1 Å². The van der Waals surface area contributed by atoms with E-state index in [4.69, 9.17) is 5.26 Å². The number of carbonyl (C=O) groups excluding carboxylic acids is 1. The van der Waals surface area contributed by atoms with Crippen molar-refractivity contribution in [3.05, 3.63) is 53.7 Å². The Morgan fingerprint density at radius 3 is 2.62 bits per heavy atom. The lowest BCUT2D eigenvalue weighted by molar-refractivity contribution is -0.135. The summed E-state index contributed by atoms with van der Waals surface area (Å²) >= 11 is 1.62. The van der Waals surface area contributed by atoms with Crippen LogP contribution in [0.4, 0.5) is 0 Å². The summed E-state index contributed by atoms with van der Waals surface area (Å²) in [5.74, 6) is -0.629. The molecule has 106 valence electrons. The molecule has 21 heavy (non-hydrogen) atoms. The minimum atomic E-state index is -0.629. The van der Waals surface area contributed by atoms with Gasteiger partial charge in [0.1, 0.15) is 11.6 Å². The largest absolute Gasteiger partial charge is 0.465 e. The molecular formula is C16H14N2O2S. The molecule has 0 aliphatic rings. The van der Waals surface area contributed by atoms with Crippen LogP contribution in [0.15, 0.2) is 58.0 Å². The normalized spacial score (nSPS) is 11.0. The molecule has 2 rings (SSSR count). The molecule has 0 saturated heterocycles. The fourth-order valence-corrected chi connectivity index (χ4v) is 2.67. The second-order valence-corrected chi connectivity index (χ2v) is 5.33. The molecule has 0 spiro atoms. The maximum atomic E-state index is 11.4. The molecule has 5 heteroatoms. The fraction of sp³-hybridized carbons (Fsp3) is 0.125. The van der Waals surface area contributed by atoms with Gasteiger partial charge in [-0.25, -0.2) is 4.79 Å². The Hall–Kier alpha value is -2.45. The maximum absolute atomic E-state index is 11.4. The minimum absolute atomic E-state index is 0.0186. The van der Waals surface area contributed by atoms with Gasteiger partial charge in [0, 0.05) is 17.6 Å². The van der Waals surface area contributed by atoms with E-state index < -0.39 is 5.97 Å². The quantitative estimate of drug-likeness (QED) is 0.494. The van der Waals surface area contributed by atoms with Gasteiger partial charge in [-0.05, 0) is 30.3 Å². The lowest BCUT2D eigenvalue weighted by Gasteiger charge is -2.05. The van der Waals surface area contributed by atoms with Gasteiger partial charge in [-0.3, -0.25) is 0 Å². The monoisotopic (exact) mass is 298 g/mol. The van der Waals surface area contributed by atoms with Crippen molar-refractivity contribution in [3.63, 3.8) is 0 Å². The van der Waals surface area contributed by atoms with E-state index >= 15 is 0 Å². The van der Waals surface area contributed by atoms with Gasteiger partial charge in [0.25, 0.3) is 0 Å². The molecule has 4 nitrogen and oxygen atoms in total. The average molecular weight is 298 g/mol. The highest BCUT2D eigenvalue weighted by molar-refractivity contribution is 7.99. The van der Waals surface area contributed by atoms with Crippen molar-refractivity contribution in [3.8, 4) is 6.07 Å². The summed E-state index contributed by atoms with van der Waals surface area (Å²) in [7, 11) is 3.15. The van der Waals surface area contributed by atoms with Crippen molar-refractivity contribution < 1.29 is 9.53 Å². The van der Waals surface area contributed by atoms with E-state index in [0.29, 0.717) is 0 Å². The van der Waals surface area contributed by atoms with Crippen molar-refractivity contribution >= 4 is 23.8 Å². The van der Waals surface area contributed by atoms with Crippen LogP contribution in [0.5, 0.6) is 0 Å². The number of esters is 1. The Balaban J connectivity index is 2.27. The van der Waals surface area contributed by atoms with Crippen molar-refractivity contribution in [2.75, 3.05) is 7.11 Å². The van der Waals surface area contributed by atoms with Crippen LogP contribution in [0.3, 0.4) is 0 Å². The number of nitriles is 1. The predicted molar refractivity (Wildman–Crippen MR) is 81.6 cm³/mol. The van der Waals surface area contributed by atoms with Crippen molar-refractivity contribution in [1.29, 1.82) is 5.26 Å². The van der Waals surface area contributed by atoms with Gasteiger partial charge >= 0.3 is 5.97 Å². The molecule has 0 radical (unpaired) electrons. The van der Waals surface area contributed by atoms with Crippen LogP contribution in [0, 0.1) is 11.3 Å². The summed E-state index contributed by atoms with van der Waals surface area (Å²) in [5.41, 5.74) is 0.755. The molecule has 0 atom stereocenters. The van der Waals surface area contributed by atoms with Gasteiger partial charge in [0.2, 0.25) is 0 Å². The molecule has 1 aromatic carbocycles. The lowest BCUT2D eigenvalue weighted by Crippen LogP contribution is -2.03. The summed E-state index contributed by atoms with van der Waals surface area (Å²) in [4.78, 5) is 12.6. The molecule has 0 N–H and O–H groups in total. The van der Waals surface area contributed by atoms with Gasteiger partial charge < -0.3 is 9.30 Å². The van der Waals surface area contributed by atoms with E-state index in [1.165, 1.54) is 13.2 Å². The van der Waals surface area contributed by atoms with Crippen LogP contribution >= 0.6 is 11.8 Å². The number of benzene rings is 1. The molecule has 0 unspecified atom stereocenters. The first kappa shape index (κ1) is 14.9. The van der Waals surface area contributed by atoms with E-state index in [1.54, 1.807) is 11.8 Å². The number of ether oxygens (including phenoxy) is 1. The SMILES string of the molecule is COC(=O)C(C#N)=Cc1ccc(Sc2ccccc2)n1C. The topological polar surface area (TPSA) is 55.0 Å². The van der Waals surface area contributed by atoms with Gasteiger partial charge in [-0.1, -0.05) is 30.0 Å². The summed E-state index contributed by atoms with van der Waals surface area (Å²) in [6.45, 7) is 0. The average Bonchev–Trinajstić information content (AvgIpc) is 2.85. The smallest absolute Gasteiger partial charge is 0.348 e. The third kappa shape index (κ3) is 3.56. The Kier molecular flexibility index (Phi) is 4.85. The number of methoxy groups -OCH3 is 1. The highest BCUT2D eigenvalue weighted by Crippen LogP contribution is 2.29. The van der Waals surface area contributed by atoms with Crippen molar-refractivity contribution in [1.82, 2.24) is 4.57 Å². The van der Waals surface area contributed by atoms with Crippen molar-refractivity contribution in [2.45, 2.75) is 9.92 Å². The minimum Gasteiger partial charge on any atom is -0.465 e. The van der Waals surface area contributed by atoms with E-state index in [2.05, 4.69) is 4.74 Å². The molecule has 0 bridgehead atoms. The van der Waals surface area contributed by atoms with Gasteiger partial charge in [-0.15, -0.1) is 0 Å². The van der Waals surface area contributed by atoms with Crippen LogP contribution in [0.2, 0.25) is 0 Å². The molecule has 0 amide bonds. The predicted octanol–water partition coefficient (Wildman–Crippen LogP) is 3.26. The highest BCUT2D eigenvalue weighted by Gasteiger charge is 2.11. The van der Waals surface area contributed by atoms with E-state index in [0.717, 1.165) is 15.6 Å². The van der Waals surface area contributed by atoms with Crippen molar-refractivity contribution in [2.24, 2.45) is 7.05 Å². The first-order valence-electron chi connectivity index (χ1n) is 6.24. The van der Waals surface area contributed by atoms with E-state index in [-0.39, 0.29) is 5.57 Å². The van der Waals surface area contributed by atoms with Crippen LogP contribution in [-0.2, 0) is 16.6 Å². The Morgan fingerprint density at radius 1 is 1.29 bits per heavy atom. The number of hydrogen-bond donors (Lipinski definition) is 0. The molecular weight excluding hydrogens is 284 g/mol. The first-order valence-corrected chi connectivity index (χ1v) is 7.06. The third-order valence-electron chi connectivity index (χ3n) is 2.90. The van der Waals surface area contributed by atoms with Gasteiger partial charge in [-0.2, -0.15) is 5.26 Å². The second kappa shape index (κ2) is 6.82. The molecule has 1 aromatic heterocycles. The van der Waals surface area contributed by atoms with Crippen LogP contribution in [0.25, 0.3) is 6.08 Å². The number of aromatic nitrogens is 1. The number of carbonyl (C=O) groups is 1. The lowest BCUT2D eigenvalue weighted by atomic mass is 10.2. The van der Waals surface area contributed by atoms with E-state index in [9.17, 15) is 4.79 Å². The zero-order valence-electron chi connectivity index (χ0n) is 11.7. The third-order valence-corrected chi connectivity index (χ3v) is 4.03. The molecule has 1 heterocycles. The molecule has 0 saturated carbocycles. The summed E-state index contributed by atoms with van der Waals surface area (Å²) in [5, 5.41) is 10.0. The molecule has 0 aliphatic heterocycles. The summed E-state index contributed by atoms with van der Waals surface area (Å²) in [6.07, 6.45) is 1.53. The summed E-state index contributed by atoms with van der Waals surface area (Å²) < 4.78 is 6.50. The summed E-state index contributed by atoms with van der Waals surface area (Å²) in [6, 6.07) is 15.7. The Labute approximate surface area is 127 Å². The Morgan fingerprint density at radius 2 is 2.00 bits per heavy atom. The fourth-order valence-electron chi connectivity index (χ4n) is 1.76. The van der Waals surface area contributed by atoms with Gasteiger partial charge in [0.15, 0.2) is 0 Å². The molecule has 0 aliphatic carbocycles. The zero-order chi connectivity index (χ0) is 15.2.